The molecule has 0 saturated carbocycles. The molecule has 158 valence electrons. The molecule has 4 aromatic rings. The van der Waals surface area contributed by atoms with Gasteiger partial charge >= 0.3 is 0 Å². The van der Waals surface area contributed by atoms with E-state index in [-0.39, 0.29) is 5.91 Å². The van der Waals surface area contributed by atoms with Gasteiger partial charge in [0.05, 0.1) is 17.5 Å². The number of hydrogen-bond acceptors (Lipinski definition) is 7. The Morgan fingerprint density at radius 2 is 2.00 bits per heavy atom. The monoisotopic (exact) mass is 436 g/mol. The van der Waals surface area contributed by atoms with E-state index in [2.05, 4.69) is 15.6 Å². The van der Waals surface area contributed by atoms with Crippen LogP contribution in [0.4, 0.5) is 5.69 Å². The number of furan rings is 1. The largest absolute Gasteiger partial charge is 0.463 e. The molecule has 4 rings (SSSR count). The second-order valence-corrected chi connectivity index (χ2v) is 7.78. The molecule has 0 fully saturated rings. The van der Waals surface area contributed by atoms with E-state index in [0.717, 1.165) is 9.58 Å². The number of benzene rings is 1. The van der Waals surface area contributed by atoms with Crippen LogP contribution in [0.25, 0.3) is 22.8 Å². The first-order valence-corrected chi connectivity index (χ1v) is 10.7. The second-order valence-electron chi connectivity index (χ2n) is 6.90. The van der Waals surface area contributed by atoms with Crippen LogP contribution in [0, 0.1) is 6.92 Å². The Kier molecular flexibility index (Phi) is 5.77. The highest BCUT2D eigenvalue weighted by Crippen LogP contribution is 2.30. The molecule has 0 aliphatic carbocycles. The Balaban J connectivity index is 1.71. The lowest BCUT2D eigenvalue weighted by molar-refractivity contribution is -0.119. The van der Waals surface area contributed by atoms with E-state index < -0.39 is 11.6 Å². The highest BCUT2D eigenvalue weighted by atomic mass is 32.2. The summed E-state index contributed by atoms with van der Waals surface area (Å²) in [6.45, 7) is 3.40. The van der Waals surface area contributed by atoms with Gasteiger partial charge in [0.25, 0.3) is 5.56 Å². The normalized spacial score (nSPS) is 12.0. The number of carbonyl (C=O) groups is 1. The molecule has 1 atom stereocenters. The number of amides is 1. The van der Waals surface area contributed by atoms with Crippen molar-refractivity contribution in [2.45, 2.75) is 24.8 Å². The number of hydrogen-bond donors (Lipinski definition) is 1. The van der Waals surface area contributed by atoms with Crippen molar-refractivity contribution in [1.29, 1.82) is 0 Å². The minimum absolute atomic E-state index is 0.360. The van der Waals surface area contributed by atoms with E-state index in [1.54, 1.807) is 49.9 Å². The summed E-state index contributed by atoms with van der Waals surface area (Å²) in [7, 11) is 0. The van der Waals surface area contributed by atoms with Crippen LogP contribution in [0.5, 0.6) is 0 Å². The van der Waals surface area contributed by atoms with Gasteiger partial charge < -0.3 is 14.3 Å². The van der Waals surface area contributed by atoms with Crippen molar-refractivity contribution in [2.24, 2.45) is 0 Å². The Labute approximate surface area is 182 Å². The molecule has 0 saturated heterocycles. The number of carbonyl (C=O) groups excluding carboxylic acids is 1. The number of thioether (sulfide) groups is 1. The third-order valence-corrected chi connectivity index (χ3v) is 5.41. The molecule has 8 nitrogen and oxygen atoms in total. The zero-order valence-corrected chi connectivity index (χ0v) is 18.0. The fourth-order valence-electron chi connectivity index (χ4n) is 3.08. The number of aryl methyl sites for hydroxylation is 1. The van der Waals surface area contributed by atoms with E-state index in [4.69, 9.17) is 8.94 Å². The van der Waals surface area contributed by atoms with Gasteiger partial charge in [0.15, 0.2) is 11.5 Å². The maximum Gasteiger partial charge on any atom is 0.268 e. The average molecular weight is 436 g/mol. The maximum absolute atomic E-state index is 12.9. The molecule has 9 heteroatoms. The van der Waals surface area contributed by atoms with Gasteiger partial charge in [-0.2, -0.15) is 5.10 Å². The lowest BCUT2D eigenvalue weighted by Gasteiger charge is -2.16. The zero-order valence-electron chi connectivity index (χ0n) is 17.2. The number of aromatic nitrogens is 3. The lowest BCUT2D eigenvalue weighted by Crippen LogP contribution is -2.33. The minimum Gasteiger partial charge on any atom is -0.463 e. The van der Waals surface area contributed by atoms with Gasteiger partial charge in [0.1, 0.15) is 11.7 Å². The first-order chi connectivity index (χ1) is 15.0. The summed E-state index contributed by atoms with van der Waals surface area (Å²) < 4.78 is 12.0. The van der Waals surface area contributed by atoms with Crippen molar-refractivity contribution >= 4 is 23.4 Å². The van der Waals surface area contributed by atoms with E-state index in [1.165, 1.54) is 12.3 Å². The van der Waals surface area contributed by atoms with Crippen molar-refractivity contribution in [2.75, 3.05) is 11.6 Å². The molecule has 3 aromatic heterocycles. The Morgan fingerprint density at radius 3 is 2.68 bits per heavy atom. The quantitative estimate of drug-likeness (QED) is 0.447. The molecule has 1 N–H and O–H groups in total. The molecule has 0 aliphatic heterocycles. The van der Waals surface area contributed by atoms with E-state index in [1.807, 2.05) is 24.5 Å². The predicted molar refractivity (Wildman–Crippen MR) is 118 cm³/mol. The number of nitrogens with one attached hydrogen (secondary N) is 1. The van der Waals surface area contributed by atoms with Crippen LogP contribution in [-0.4, -0.2) is 27.1 Å². The van der Waals surface area contributed by atoms with Crippen LogP contribution < -0.4 is 10.9 Å². The van der Waals surface area contributed by atoms with Crippen molar-refractivity contribution < 1.29 is 13.7 Å². The number of nitrogens with zero attached hydrogens (tertiary/aromatic N) is 3. The van der Waals surface area contributed by atoms with Crippen LogP contribution in [0.1, 0.15) is 18.7 Å². The molecule has 3 heterocycles. The minimum atomic E-state index is -0.857. The van der Waals surface area contributed by atoms with Crippen LogP contribution in [-0.2, 0) is 4.79 Å². The van der Waals surface area contributed by atoms with Gasteiger partial charge in [-0.15, -0.1) is 11.8 Å². The van der Waals surface area contributed by atoms with Crippen LogP contribution in [0.2, 0.25) is 0 Å². The maximum atomic E-state index is 12.9. The molecule has 0 radical (unpaired) electrons. The number of rotatable bonds is 6. The van der Waals surface area contributed by atoms with Gasteiger partial charge in [-0.3, -0.25) is 9.59 Å². The van der Waals surface area contributed by atoms with Gasteiger partial charge in [-0.1, -0.05) is 11.2 Å². The van der Waals surface area contributed by atoms with Gasteiger partial charge in [-0.25, -0.2) is 4.68 Å². The van der Waals surface area contributed by atoms with Crippen LogP contribution >= 0.6 is 11.8 Å². The average Bonchev–Trinajstić information content (AvgIpc) is 3.45. The third-order valence-electron chi connectivity index (χ3n) is 4.69. The molecule has 1 aromatic carbocycles. The second kappa shape index (κ2) is 8.65. The Hall–Kier alpha value is -3.59. The molecular weight excluding hydrogens is 416 g/mol. The SMILES string of the molecule is CSc1cccc(NC(=O)[C@H](C)n2nc(-c3ccco3)c(-c3cc(C)no3)cc2=O)c1. The molecule has 31 heavy (non-hydrogen) atoms. The smallest absolute Gasteiger partial charge is 0.268 e. The first-order valence-electron chi connectivity index (χ1n) is 9.52. The van der Waals surface area contributed by atoms with Crippen molar-refractivity contribution in [1.82, 2.24) is 14.9 Å². The predicted octanol–water partition coefficient (Wildman–Crippen LogP) is 4.39. The van der Waals surface area contributed by atoms with Gasteiger partial charge in [0, 0.05) is 22.7 Å². The number of anilines is 1. The van der Waals surface area contributed by atoms with E-state index in [0.29, 0.717) is 34.2 Å². The molecule has 1 amide bonds. The van der Waals surface area contributed by atoms with Crippen LogP contribution in [0.3, 0.4) is 0 Å². The molecule has 0 aliphatic rings. The molecule has 0 bridgehead atoms. The highest BCUT2D eigenvalue weighted by molar-refractivity contribution is 7.98. The Bertz CT molecular complexity index is 1280. The summed E-state index contributed by atoms with van der Waals surface area (Å²) in [5, 5.41) is 11.2. The fourth-order valence-corrected chi connectivity index (χ4v) is 3.54. The molecular formula is C22H20N4O4S. The van der Waals surface area contributed by atoms with Crippen molar-refractivity contribution in [3.05, 3.63) is 70.8 Å². The summed E-state index contributed by atoms with van der Waals surface area (Å²) in [4.78, 5) is 26.7. The van der Waals surface area contributed by atoms with Gasteiger partial charge in [0.2, 0.25) is 5.91 Å². The van der Waals surface area contributed by atoms with Crippen LogP contribution in [0.15, 0.2) is 73.4 Å². The van der Waals surface area contributed by atoms with Gasteiger partial charge in [-0.05, 0) is 50.4 Å². The lowest BCUT2D eigenvalue weighted by atomic mass is 10.1. The summed E-state index contributed by atoms with van der Waals surface area (Å²) in [5.74, 6) is 0.478. The third kappa shape index (κ3) is 4.31. The van der Waals surface area contributed by atoms with Crippen molar-refractivity contribution in [3.63, 3.8) is 0 Å². The first kappa shape index (κ1) is 20.7. The summed E-state index contributed by atoms with van der Waals surface area (Å²) in [6, 6.07) is 13.2. The Morgan fingerprint density at radius 1 is 1.16 bits per heavy atom. The summed E-state index contributed by atoms with van der Waals surface area (Å²) >= 11 is 1.58. The zero-order chi connectivity index (χ0) is 22.0. The highest BCUT2D eigenvalue weighted by Gasteiger charge is 2.23. The van der Waals surface area contributed by atoms with E-state index >= 15 is 0 Å². The van der Waals surface area contributed by atoms with E-state index in [9.17, 15) is 9.59 Å². The molecule has 0 spiro atoms. The standard InChI is InChI=1S/C22H20N4O4S/c1-13-10-19(30-25-13)17-12-20(27)26(24-21(17)18-8-5-9-29-18)14(2)22(28)23-15-6-4-7-16(11-15)31-3/h4-12,14H,1-3H3,(H,23,28)/t14-/m0/s1. The topological polar surface area (TPSA) is 103 Å². The summed E-state index contributed by atoms with van der Waals surface area (Å²) in [6.07, 6.45) is 3.47. The van der Waals surface area contributed by atoms with Crippen molar-refractivity contribution in [3.8, 4) is 22.8 Å². The summed E-state index contributed by atoms with van der Waals surface area (Å²) in [5.41, 5.74) is 1.70. The molecule has 0 unspecified atom stereocenters. The fraction of sp³-hybridized carbons (Fsp3) is 0.182.